The fourth-order valence-electron chi connectivity index (χ4n) is 2.12. The summed E-state index contributed by atoms with van der Waals surface area (Å²) in [5.74, 6) is 0.337. The minimum atomic E-state index is -0.0973. The molecule has 0 aliphatic rings. The normalized spacial score (nSPS) is 15.7. The molecule has 0 saturated carbocycles. The summed E-state index contributed by atoms with van der Waals surface area (Å²) >= 11 is 0. The maximum Gasteiger partial charge on any atom is 0.310 e. The Kier molecular flexibility index (Phi) is 5.77. The first-order valence-electron chi connectivity index (χ1n) is 5.19. The Labute approximate surface area is 87.4 Å². The topological polar surface area (TPSA) is 29.5 Å². The number of carbonyl (C=O) groups is 1. The molecule has 0 aromatic carbocycles. The molecule has 0 N–H and O–H groups in total. The van der Waals surface area contributed by atoms with E-state index in [0.29, 0.717) is 5.92 Å². The highest BCUT2D eigenvalue weighted by Crippen LogP contribution is 2.21. The lowest BCUT2D eigenvalue weighted by molar-refractivity contribution is -0.148. The van der Waals surface area contributed by atoms with E-state index in [2.05, 4.69) is 18.7 Å². The summed E-state index contributed by atoms with van der Waals surface area (Å²) in [4.78, 5) is 13.7. The van der Waals surface area contributed by atoms with Crippen molar-refractivity contribution in [3.05, 3.63) is 0 Å². The Morgan fingerprint density at radius 3 is 2.07 bits per heavy atom. The lowest BCUT2D eigenvalue weighted by atomic mass is 9.87. The monoisotopic (exact) mass is 201 g/mol. The van der Waals surface area contributed by atoms with Gasteiger partial charge < -0.3 is 9.64 Å². The number of methoxy groups -OCH3 is 1. The van der Waals surface area contributed by atoms with Crippen molar-refractivity contribution in [2.45, 2.75) is 33.2 Å². The van der Waals surface area contributed by atoms with Crippen molar-refractivity contribution in [1.82, 2.24) is 4.90 Å². The SMILES string of the molecule is CCC(C(=O)OC)C(C(C)C)N(C)C. The number of rotatable bonds is 5. The Hall–Kier alpha value is -0.570. The molecule has 0 aliphatic heterocycles. The van der Waals surface area contributed by atoms with Crippen LogP contribution in [0.25, 0.3) is 0 Å². The number of hydrogen-bond acceptors (Lipinski definition) is 3. The maximum absolute atomic E-state index is 11.5. The van der Waals surface area contributed by atoms with Gasteiger partial charge in [-0.1, -0.05) is 20.8 Å². The highest BCUT2D eigenvalue weighted by atomic mass is 16.5. The van der Waals surface area contributed by atoms with Gasteiger partial charge in [-0.3, -0.25) is 4.79 Å². The van der Waals surface area contributed by atoms with Crippen molar-refractivity contribution in [1.29, 1.82) is 0 Å². The summed E-state index contributed by atoms with van der Waals surface area (Å²) in [5, 5.41) is 0. The molecule has 2 unspecified atom stereocenters. The fourth-order valence-corrected chi connectivity index (χ4v) is 2.12. The molecule has 0 aromatic rings. The summed E-state index contributed by atoms with van der Waals surface area (Å²) < 4.78 is 4.82. The lowest BCUT2D eigenvalue weighted by Gasteiger charge is -2.33. The van der Waals surface area contributed by atoms with Crippen LogP contribution in [0.4, 0.5) is 0 Å². The van der Waals surface area contributed by atoms with Crippen LogP contribution in [-0.4, -0.2) is 38.1 Å². The predicted octanol–water partition coefficient (Wildman–Crippen LogP) is 1.77. The Morgan fingerprint density at radius 1 is 1.36 bits per heavy atom. The van der Waals surface area contributed by atoms with E-state index >= 15 is 0 Å². The Morgan fingerprint density at radius 2 is 1.86 bits per heavy atom. The van der Waals surface area contributed by atoms with Crippen LogP contribution >= 0.6 is 0 Å². The molecule has 0 amide bonds. The molecule has 0 aromatic heterocycles. The van der Waals surface area contributed by atoms with Gasteiger partial charge >= 0.3 is 5.97 Å². The van der Waals surface area contributed by atoms with Crippen molar-refractivity contribution >= 4 is 5.97 Å². The van der Waals surface area contributed by atoms with E-state index in [-0.39, 0.29) is 17.9 Å². The number of ether oxygens (including phenoxy) is 1. The highest BCUT2D eigenvalue weighted by molar-refractivity contribution is 5.73. The third kappa shape index (κ3) is 3.29. The Balaban J connectivity index is 4.67. The fraction of sp³-hybridized carbons (Fsp3) is 0.909. The molecule has 0 heterocycles. The molecule has 0 radical (unpaired) electrons. The molecular formula is C11H23NO2. The van der Waals surface area contributed by atoms with Crippen LogP contribution in [0.1, 0.15) is 27.2 Å². The van der Waals surface area contributed by atoms with Gasteiger partial charge in [0.15, 0.2) is 0 Å². The van der Waals surface area contributed by atoms with Crippen LogP contribution < -0.4 is 0 Å². The highest BCUT2D eigenvalue weighted by Gasteiger charge is 2.31. The van der Waals surface area contributed by atoms with E-state index in [1.54, 1.807) is 0 Å². The standard InChI is InChI=1S/C11H23NO2/c1-7-9(11(13)14-6)10(8(2)3)12(4)5/h8-10H,7H2,1-6H3. The van der Waals surface area contributed by atoms with E-state index in [4.69, 9.17) is 4.74 Å². The number of carbonyl (C=O) groups excluding carboxylic acids is 1. The molecule has 0 bridgehead atoms. The molecule has 2 atom stereocenters. The van der Waals surface area contributed by atoms with Crippen LogP contribution in [0, 0.1) is 11.8 Å². The second-order valence-corrected chi connectivity index (χ2v) is 4.24. The van der Waals surface area contributed by atoms with Gasteiger partial charge in [-0.15, -0.1) is 0 Å². The van der Waals surface area contributed by atoms with Crippen LogP contribution in [-0.2, 0) is 9.53 Å². The zero-order valence-electron chi connectivity index (χ0n) is 10.2. The van der Waals surface area contributed by atoms with Gasteiger partial charge in [0.2, 0.25) is 0 Å². The molecule has 0 rings (SSSR count). The van der Waals surface area contributed by atoms with Gasteiger partial charge in [0, 0.05) is 6.04 Å². The van der Waals surface area contributed by atoms with Crippen LogP contribution in [0.5, 0.6) is 0 Å². The van der Waals surface area contributed by atoms with Crippen LogP contribution in [0.2, 0.25) is 0 Å². The van der Waals surface area contributed by atoms with Crippen molar-refractivity contribution in [3.63, 3.8) is 0 Å². The summed E-state index contributed by atoms with van der Waals surface area (Å²) in [6.07, 6.45) is 0.827. The van der Waals surface area contributed by atoms with Gasteiger partial charge in [-0.25, -0.2) is 0 Å². The van der Waals surface area contributed by atoms with Crippen LogP contribution in [0.15, 0.2) is 0 Å². The van der Waals surface area contributed by atoms with E-state index < -0.39 is 0 Å². The van der Waals surface area contributed by atoms with Crippen LogP contribution in [0.3, 0.4) is 0 Å². The molecule has 3 nitrogen and oxygen atoms in total. The van der Waals surface area contributed by atoms with Gasteiger partial charge in [-0.05, 0) is 26.4 Å². The third-order valence-corrected chi connectivity index (χ3v) is 2.64. The van der Waals surface area contributed by atoms with Gasteiger partial charge in [0.25, 0.3) is 0 Å². The molecule has 0 spiro atoms. The zero-order valence-corrected chi connectivity index (χ0v) is 10.2. The number of esters is 1. The number of hydrogen-bond donors (Lipinski definition) is 0. The molecule has 0 aliphatic carbocycles. The number of nitrogens with zero attached hydrogens (tertiary/aromatic N) is 1. The minimum Gasteiger partial charge on any atom is -0.469 e. The van der Waals surface area contributed by atoms with Crippen molar-refractivity contribution in [3.8, 4) is 0 Å². The van der Waals surface area contributed by atoms with E-state index in [1.165, 1.54) is 7.11 Å². The first-order chi connectivity index (χ1) is 6.45. The first kappa shape index (κ1) is 13.4. The molecular weight excluding hydrogens is 178 g/mol. The summed E-state index contributed by atoms with van der Waals surface area (Å²) in [5.41, 5.74) is 0. The second kappa shape index (κ2) is 6.02. The minimum absolute atomic E-state index is 0.0185. The van der Waals surface area contributed by atoms with Crippen molar-refractivity contribution < 1.29 is 9.53 Å². The average molecular weight is 201 g/mol. The molecule has 84 valence electrons. The zero-order chi connectivity index (χ0) is 11.3. The largest absolute Gasteiger partial charge is 0.469 e. The summed E-state index contributed by atoms with van der Waals surface area (Å²) in [6, 6.07) is 0.257. The van der Waals surface area contributed by atoms with Gasteiger partial charge in [0.1, 0.15) is 0 Å². The first-order valence-corrected chi connectivity index (χ1v) is 5.19. The Bertz CT molecular complexity index is 170. The lowest BCUT2D eigenvalue weighted by Crippen LogP contribution is -2.43. The molecule has 0 saturated heterocycles. The summed E-state index contributed by atoms with van der Waals surface area (Å²) in [6.45, 7) is 6.30. The summed E-state index contributed by atoms with van der Waals surface area (Å²) in [7, 11) is 5.48. The molecule has 3 heteroatoms. The third-order valence-electron chi connectivity index (χ3n) is 2.64. The van der Waals surface area contributed by atoms with E-state index in [0.717, 1.165) is 6.42 Å². The molecule has 14 heavy (non-hydrogen) atoms. The average Bonchev–Trinajstić information content (AvgIpc) is 2.11. The molecule has 0 fully saturated rings. The quantitative estimate of drug-likeness (QED) is 0.635. The predicted molar refractivity (Wildman–Crippen MR) is 58.1 cm³/mol. The maximum atomic E-state index is 11.5. The van der Waals surface area contributed by atoms with Crippen molar-refractivity contribution in [2.24, 2.45) is 11.8 Å². The second-order valence-electron chi connectivity index (χ2n) is 4.24. The van der Waals surface area contributed by atoms with Crippen molar-refractivity contribution in [2.75, 3.05) is 21.2 Å². The van der Waals surface area contributed by atoms with E-state index in [1.807, 2.05) is 21.0 Å². The smallest absolute Gasteiger partial charge is 0.310 e. The van der Waals surface area contributed by atoms with Gasteiger partial charge in [-0.2, -0.15) is 0 Å². The van der Waals surface area contributed by atoms with Gasteiger partial charge in [0.05, 0.1) is 13.0 Å². The van der Waals surface area contributed by atoms with E-state index in [9.17, 15) is 4.79 Å².